The van der Waals surface area contributed by atoms with E-state index in [4.69, 9.17) is 4.99 Å². The first-order valence-corrected chi connectivity index (χ1v) is 9.71. The van der Waals surface area contributed by atoms with E-state index < -0.39 is 0 Å². The zero-order valence-corrected chi connectivity index (χ0v) is 19.3. The molecule has 2 heterocycles. The number of imidazole rings is 1. The quantitative estimate of drug-likeness (QED) is 0.264. The van der Waals surface area contributed by atoms with Crippen LogP contribution in [0.3, 0.4) is 0 Å². The first-order chi connectivity index (χ1) is 13.8. The highest BCUT2D eigenvalue weighted by molar-refractivity contribution is 14.0. The van der Waals surface area contributed by atoms with Crippen molar-refractivity contribution in [2.45, 2.75) is 39.9 Å². The standard InChI is InChI=1S/C20H28N8.HI/c1-3-19-26-25-16-28(19)11-9-23-20(22-4-2)24-13-17-6-5-7-18(12-17)14-27-10-8-21-15-27;/h5-8,10,12,15-16H,3-4,9,11,13-14H2,1-2H3,(H2,22,23,24);1H. The Morgan fingerprint density at radius 2 is 2.00 bits per heavy atom. The Labute approximate surface area is 188 Å². The maximum absolute atomic E-state index is 4.72. The maximum Gasteiger partial charge on any atom is 0.191 e. The molecule has 0 fully saturated rings. The summed E-state index contributed by atoms with van der Waals surface area (Å²) >= 11 is 0. The van der Waals surface area contributed by atoms with E-state index in [0.29, 0.717) is 6.54 Å². The Hall–Kier alpha value is -2.43. The number of halogens is 1. The summed E-state index contributed by atoms with van der Waals surface area (Å²) in [6, 6.07) is 8.50. The first-order valence-electron chi connectivity index (χ1n) is 9.71. The predicted molar refractivity (Wildman–Crippen MR) is 125 cm³/mol. The molecule has 2 N–H and O–H groups in total. The fourth-order valence-electron chi connectivity index (χ4n) is 2.96. The van der Waals surface area contributed by atoms with Gasteiger partial charge >= 0.3 is 0 Å². The molecule has 0 aliphatic carbocycles. The lowest BCUT2D eigenvalue weighted by atomic mass is 10.1. The zero-order chi connectivity index (χ0) is 19.6. The second-order valence-electron chi connectivity index (χ2n) is 6.47. The van der Waals surface area contributed by atoms with Gasteiger partial charge in [-0.2, -0.15) is 0 Å². The molecule has 9 heteroatoms. The molecule has 1 aromatic carbocycles. The number of hydrogen-bond donors (Lipinski definition) is 2. The van der Waals surface area contributed by atoms with E-state index in [9.17, 15) is 0 Å². The minimum atomic E-state index is 0. The van der Waals surface area contributed by atoms with E-state index in [2.05, 4.69) is 73.1 Å². The van der Waals surface area contributed by atoms with E-state index in [1.807, 2.05) is 12.5 Å². The molecule has 0 aliphatic rings. The third kappa shape index (κ3) is 7.15. The highest BCUT2D eigenvalue weighted by Gasteiger charge is 2.03. The van der Waals surface area contributed by atoms with Crippen LogP contribution in [0.5, 0.6) is 0 Å². The van der Waals surface area contributed by atoms with Crippen LogP contribution in [0.2, 0.25) is 0 Å². The molecule has 0 atom stereocenters. The summed E-state index contributed by atoms with van der Waals surface area (Å²) in [5, 5.41) is 14.8. The van der Waals surface area contributed by atoms with Gasteiger partial charge in [0.1, 0.15) is 12.2 Å². The Morgan fingerprint density at radius 3 is 2.76 bits per heavy atom. The molecule has 2 aromatic heterocycles. The summed E-state index contributed by atoms with van der Waals surface area (Å²) in [4.78, 5) is 8.81. The monoisotopic (exact) mass is 508 g/mol. The van der Waals surface area contributed by atoms with Crippen molar-refractivity contribution in [2.24, 2.45) is 4.99 Å². The smallest absolute Gasteiger partial charge is 0.191 e. The Bertz CT molecular complexity index is 872. The number of hydrogen-bond acceptors (Lipinski definition) is 4. The number of aromatic nitrogens is 5. The number of nitrogens with zero attached hydrogens (tertiary/aromatic N) is 6. The van der Waals surface area contributed by atoms with Crippen molar-refractivity contribution in [1.29, 1.82) is 0 Å². The largest absolute Gasteiger partial charge is 0.357 e. The Kier molecular flexibility index (Phi) is 9.62. The van der Waals surface area contributed by atoms with Crippen LogP contribution in [0.15, 0.2) is 54.3 Å². The van der Waals surface area contributed by atoms with E-state index in [1.54, 1.807) is 12.5 Å². The lowest BCUT2D eigenvalue weighted by molar-refractivity contribution is 0.632. The van der Waals surface area contributed by atoms with Crippen molar-refractivity contribution < 1.29 is 0 Å². The molecule has 0 saturated heterocycles. The van der Waals surface area contributed by atoms with Gasteiger partial charge in [0.2, 0.25) is 0 Å². The molecular weight excluding hydrogens is 479 g/mol. The Morgan fingerprint density at radius 1 is 1.14 bits per heavy atom. The van der Waals surface area contributed by atoms with Crippen molar-refractivity contribution in [2.75, 3.05) is 13.1 Å². The van der Waals surface area contributed by atoms with Gasteiger partial charge in [0.25, 0.3) is 0 Å². The molecule has 0 unspecified atom stereocenters. The van der Waals surface area contributed by atoms with Gasteiger partial charge in [-0.25, -0.2) is 9.98 Å². The summed E-state index contributed by atoms with van der Waals surface area (Å²) in [5.41, 5.74) is 2.42. The lowest BCUT2D eigenvalue weighted by Gasteiger charge is -2.12. The first kappa shape index (κ1) is 22.9. The Balaban J connectivity index is 0.00000300. The summed E-state index contributed by atoms with van der Waals surface area (Å²) in [6.45, 7) is 7.98. The SMILES string of the molecule is CCNC(=NCc1cccc(Cn2ccnc2)c1)NCCn1cnnc1CC.I. The molecular formula is C20H29IN8. The van der Waals surface area contributed by atoms with Crippen LogP contribution in [0.1, 0.15) is 30.8 Å². The molecule has 0 saturated carbocycles. The molecule has 29 heavy (non-hydrogen) atoms. The number of nitrogens with one attached hydrogen (secondary N) is 2. The van der Waals surface area contributed by atoms with Crippen LogP contribution in [0.25, 0.3) is 0 Å². The van der Waals surface area contributed by atoms with Gasteiger partial charge in [-0.05, 0) is 18.1 Å². The molecule has 0 spiro atoms. The third-order valence-corrected chi connectivity index (χ3v) is 4.34. The molecule has 0 amide bonds. The van der Waals surface area contributed by atoms with Gasteiger partial charge in [0.15, 0.2) is 5.96 Å². The topological polar surface area (TPSA) is 85.0 Å². The number of benzene rings is 1. The highest BCUT2D eigenvalue weighted by atomic mass is 127. The maximum atomic E-state index is 4.72. The van der Waals surface area contributed by atoms with Crippen LogP contribution >= 0.6 is 24.0 Å². The lowest BCUT2D eigenvalue weighted by Crippen LogP contribution is -2.38. The normalized spacial score (nSPS) is 11.2. The van der Waals surface area contributed by atoms with Crippen molar-refractivity contribution >= 4 is 29.9 Å². The molecule has 156 valence electrons. The van der Waals surface area contributed by atoms with Gasteiger partial charge < -0.3 is 19.8 Å². The summed E-state index contributed by atoms with van der Waals surface area (Å²) in [6.07, 6.45) is 8.25. The van der Waals surface area contributed by atoms with Crippen LogP contribution in [-0.2, 0) is 26.1 Å². The number of aryl methyl sites for hydroxylation is 1. The van der Waals surface area contributed by atoms with Crippen LogP contribution in [-0.4, -0.2) is 43.4 Å². The number of guanidine groups is 1. The fourth-order valence-corrected chi connectivity index (χ4v) is 2.96. The molecule has 3 rings (SSSR count). The molecule has 0 bridgehead atoms. The van der Waals surface area contributed by atoms with Crippen LogP contribution in [0, 0.1) is 0 Å². The average Bonchev–Trinajstić information content (AvgIpc) is 3.38. The van der Waals surface area contributed by atoms with Crippen molar-refractivity contribution in [1.82, 2.24) is 34.9 Å². The van der Waals surface area contributed by atoms with Crippen molar-refractivity contribution in [3.05, 3.63) is 66.3 Å². The van der Waals surface area contributed by atoms with E-state index in [0.717, 1.165) is 44.4 Å². The highest BCUT2D eigenvalue weighted by Crippen LogP contribution is 2.08. The van der Waals surface area contributed by atoms with E-state index in [1.165, 1.54) is 11.1 Å². The van der Waals surface area contributed by atoms with Gasteiger partial charge in [-0.15, -0.1) is 34.2 Å². The fraction of sp³-hybridized carbons (Fsp3) is 0.400. The van der Waals surface area contributed by atoms with Crippen molar-refractivity contribution in [3.8, 4) is 0 Å². The van der Waals surface area contributed by atoms with Gasteiger partial charge in [0.05, 0.1) is 12.9 Å². The van der Waals surface area contributed by atoms with Crippen molar-refractivity contribution in [3.63, 3.8) is 0 Å². The summed E-state index contributed by atoms with van der Waals surface area (Å²) in [5.74, 6) is 1.81. The van der Waals surface area contributed by atoms with E-state index in [-0.39, 0.29) is 24.0 Å². The second-order valence-corrected chi connectivity index (χ2v) is 6.47. The molecule has 0 radical (unpaired) electrons. The van der Waals surface area contributed by atoms with E-state index >= 15 is 0 Å². The van der Waals surface area contributed by atoms with Gasteiger partial charge in [-0.1, -0.05) is 31.2 Å². The number of rotatable bonds is 9. The minimum Gasteiger partial charge on any atom is -0.357 e. The molecule has 8 nitrogen and oxygen atoms in total. The summed E-state index contributed by atoms with van der Waals surface area (Å²) < 4.78 is 4.12. The number of aliphatic imine (C=N–C) groups is 1. The van der Waals surface area contributed by atoms with Gasteiger partial charge in [-0.3, -0.25) is 0 Å². The third-order valence-electron chi connectivity index (χ3n) is 4.34. The minimum absolute atomic E-state index is 0. The van der Waals surface area contributed by atoms with Crippen LogP contribution in [0.4, 0.5) is 0 Å². The molecule has 3 aromatic rings. The predicted octanol–water partition coefficient (Wildman–Crippen LogP) is 2.46. The summed E-state index contributed by atoms with van der Waals surface area (Å²) in [7, 11) is 0. The zero-order valence-electron chi connectivity index (χ0n) is 17.0. The van der Waals surface area contributed by atoms with Crippen LogP contribution < -0.4 is 10.6 Å². The molecule has 0 aliphatic heterocycles. The average molecular weight is 508 g/mol. The van der Waals surface area contributed by atoms with Gasteiger partial charge in [0, 0.05) is 45.0 Å². The second kappa shape index (κ2) is 12.2.